The van der Waals surface area contributed by atoms with Crippen LogP contribution in [0.25, 0.3) is 4.96 Å². The van der Waals surface area contributed by atoms with Gasteiger partial charge in [0.1, 0.15) is 0 Å². The van der Waals surface area contributed by atoms with E-state index in [-0.39, 0.29) is 5.56 Å². The molecule has 25 heavy (non-hydrogen) atoms. The Morgan fingerprint density at radius 1 is 1.32 bits per heavy atom. The topological polar surface area (TPSA) is 50.1 Å². The number of methoxy groups -OCH3 is 1. The van der Waals surface area contributed by atoms with Gasteiger partial charge in [0.2, 0.25) is 0 Å². The fourth-order valence-electron chi connectivity index (χ4n) is 4.26. The van der Waals surface area contributed by atoms with Crippen LogP contribution in [-0.4, -0.2) is 65.1 Å². The molecular weight excluding hydrogens is 336 g/mol. The first-order valence-corrected chi connectivity index (χ1v) is 9.88. The summed E-state index contributed by atoms with van der Waals surface area (Å²) >= 11 is 1.58. The average Bonchev–Trinajstić information content (AvgIpc) is 2.75. The van der Waals surface area contributed by atoms with Gasteiger partial charge in [0.15, 0.2) is 4.96 Å². The van der Waals surface area contributed by atoms with Crippen LogP contribution in [0, 0.1) is 12.8 Å². The van der Waals surface area contributed by atoms with Crippen molar-refractivity contribution in [3.05, 3.63) is 33.2 Å². The molecule has 6 nitrogen and oxygen atoms in total. The number of rotatable bonds is 5. The maximum absolute atomic E-state index is 12.3. The van der Waals surface area contributed by atoms with E-state index >= 15 is 0 Å². The molecule has 3 aliphatic heterocycles. The molecule has 2 aromatic heterocycles. The number of aryl methyl sites for hydroxylation is 1. The molecule has 2 atom stereocenters. The second-order valence-electron chi connectivity index (χ2n) is 7.36. The number of fused-ring (bicyclic) bond motifs is 5. The van der Waals surface area contributed by atoms with Crippen LogP contribution in [0.3, 0.4) is 0 Å². The second kappa shape index (κ2) is 7.15. The number of ether oxygens (including phenoxy) is 1. The number of thiazole rings is 1. The Labute approximate surface area is 152 Å². The first-order valence-electron chi connectivity index (χ1n) is 9.06. The van der Waals surface area contributed by atoms with Crippen molar-refractivity contribution in [3.8, 4) is 0 Å². The summed E-state index contributed by atoms with van der Waals surface area (Å²) in [4.78, 5) is 24.1. The van der Waals surface area contributed by atoms with Crippen LogP contribution >= 0.6 is 11.3 Å². The molecule has 3 fully saturated rings. The molecule has 0 aromatic carbocycles. The van der Waals surface area contributed by atoms with Crippen LogP contribution in [0.5, 0.6) is 0 Å². The highest BCUT2D eigenvalue weighted by Crippen LogP contribution is 2.28. The van der Waals surface area contributed by atoms with Crippen molar-refractivity contribution in [2.24, 2.45) is 5.92 Å². The van der Waals surface area contributed by atoms with Gasteiger partial charge in [0.25, 0.3) is 5.56 Å². The lowest BCUT2D eigenvalue weighted by atomic mass is 9.95. The number of nitrogens with zero attached hydrogens (tertiary/aromatic N) is 4. The molecule has 0 saturated carbocycles. The van der Waals surface area contributed by atoms with Crippen molar-refractivity contribution >= 4 is 16.3 Å². The van der Waals surface area contributed by atoms with E-state index in [4.69, 9.17) is 9.72 Å². The number of aromatic nitrogens is 2. The van der Waals surface area contributed by atoms with Crippen LogP contribution < -0.4 is 5.56 Å². The van der Waals surface area contributed by atoms with Gasteiger partial charge in [-0.2, -0.15) is 0 Å². The van der Waals surface area contributed by atoms with Crippen molar-refractivity contribution in [1.82, 2.24) is 19.2 Å². The molecule has 5 heterocycles. The minimum atomic E-state index is 0.0314. The van der Waals surface area contributed by atoms with Crippen LogP contribution in [0.4, 0.5) is 0 Å². The highest BCUT2D eigenvalue weighted by atomic mass is 32.1. The maximum Gasteiger partial charge on any atom is 0.258 e. The van der Waals surface area contributed by atoms with Gasteiger partial charge in [0, 0.05) is 63.0 Å². The van der Waals surface area contributed by atoms with Crippen molar-refractivity contribution in [1.29, 1.82) is 0 Å². The van der Waals surface area contributed by atoms with Crippen LogP contribution in [-0.2, 0) is 11.3 Å². The Kier molecular flexibility index (Phi) is 4.90. The van der Waals surface area contributed by atoms with Gasteiger partial charge >= 0.3 is 0 Å². The summed E-state index contributed by atoms with van der Waals surface area (Å²) in [6.07, 6.45) is 4.45. The molecule has 0 N–H and O–H groups in total. The highest BCUT2D eigenvalue weighted by molar-refractivity contribution is 7.16. The van der Waals surface area contributed by atoms with E-state index in [1.165, 1.54) is 19.4 Å². The SMILES string of the molecule is COCCN1C[C@H]2CC[C@@H]1CN(Cc1cc(=O)n3cc(C)sc3n1)C2. The van der Waals surface area contributed by atoms with Gasteiger partial charge in [-0.1, -0.05) is 0 Å². The van der Waals surface area contributed by atoms with Crippen molar-refractivity contribution in [3.63, 3.8) is 0 Å². The summed E-state index contributed by atoms with van der Waals surface area (Å²) in [5, 5.41) is 0. The molecule has 7 heteroatoms. The summed E-state index contributed by atoms with van der Waals surface area (Å²) in [5.41, 5.74) is 0.931. The van der Waals surface area contributed by atoms with Gasteiger partial charge in [0.05, 0.1) is 12.3 Å². The predicted molar refractivity (Wildman–Crippen MR) is 99.3 cm³/mol. The van der Waals surface area contributed by atoms with Gasteiger partial charge < -0.3 is 4.74 Å². The van der Waals surface area contributed by atoms with Crippen molar-refractivity contribution in [2.45, 2.75) is 32.4 Å². The zero-order valence-corrected chi connectivity index (χ0v) is 15.8. The Morgan fingerprint density at radius 3 is 3.04 bits per heavy atom. The molecular formula is C18H26N4O2S. The molecule has 0 unspecified atom stereocenters. The van der Waals surface area contributed by atoms with E-state index < -0.39 is 0 Å². The fraction of sp³-hybridized carbons (Fsp3) is 0.667. The van der Waals surface area contributed by atoms with Crippen LogP contribution in [0.2, 0.25) is 0 Å². The highest BCUT2D eigenvalue weighted by Gasteiger charge is 2.34. The van der Waals surface area contributed by atoms with Crippen molar-refractivity contribution < 1.29 is 4.74 Å². The Bertz CT molecular complexity index is 802. The van der Waals surface area contributed by atoms with Crippen LogP contribution in [0.15, 0.2) is 17.1 Å². The Morgan fingerprint density at radius 2 is 2.20 bits per heavy atom. The third kappa shape index (κ3) is 3.65. The summed E-state index contributed by atoms with van der Waals surface area (Å²) in [7, 11) is 1.77. The Hall–Kier alpha value is -1.28. The summed E-state index contributed by atoms with van der Waals surface area (Å²) < 4.78 is 6.93. The zero-order chi connectivity index (χ0) is 17.4. The minimum absolute atomic E-state index is 0.0314. The lowest BCUT2D eigenvalue weighted by Crippen LogP contribution is -2.45. The van der Waals surface area contributed by atoms with Gasteiger partial charge in [-0.25, -0.2) is 4.98 Å². The first-order chi connectivity index (χ1) is 12.1. The smallest absolute Gasteiger partial charge is 0.258 e. The van der Waals surface area contributed by atoms with Gasteiger partial charge in [-0.3, -0.25) is 19.0 Å². The molecule has 3 aliphatic rings. The average molecular weight is 362 g/mol. The van der Waals surface area contributed by atoms with E-state index in [1.54, 1.807) is 28.9 Å². The molecule has 0 spiro atoms. The maximum atomic E-state index is 12.3. The molecule has 0 aliphatic carbocycles. The summed E-state index contributed by atoms with van der Waals surface area (Å²) in [6, 6.07) is 2.30. The van der Waals surface area contributed by atoms with Crippen LogP contribution in [0.1, 0.15) is 23.4 Å². The third-order valence-electron chi connectivity index (χ3n) is 5.41. The standard InChI is InChI=1S/C18H26N4O2S/c1-13-8-22-17(23)7-15(19-18(22)25-13)11-20-9-14-3-4-16(12-20)21(10-14)5-6-24-2/h7-8,14,16H,3-6,9-12H2,1-2H3/t14-,16+/m0/s1. The quantitative estimate of drug-likeness (QED) is 0.809. The normalized spacial score (nSPS) is 24.9. The zero-order valence-electron chi connectivity index (χ0n) is 15.0. The van der Waals surface area contributed by atoms with E-state index in [0.717, 1.165) is 48.3 Å². The number of hydrogen-bond donors (Lipinski definition) is 0. The molecule has 136 valence electrons. The fourth-order valence-corrected chi connectivity index (χ4v) is 5.11. The molecule has 0 radical (unpaired) electrons. The lowest BCUT2D eigenvalue weighted by molar-refractivity contribution is 0.0867. The monoisotopic (exact) mass is 362 g/mol. The van der Waals surface area contributed by atoms with E-state index in [9.17, 15) is 4.79 Å². The van der Waals surface area contributed by atoms with Crippen molar-refractivity contribution in [2.75, 3.05) is 39.9 Å². The van der Waals surface area contributed by atoms with Gasteiger partial charge in [-0.15, -0.1) is 11.3 Å². The van der Waals surface area contributed by atoms with E-state index in [2.05, 4.69) is 9.80 Å². The molecule has 3 saturated heterocycles. The predicted octanol–water partition coefficient (Wildman–Crippen LogP) is 1.61. The molecule has 2 bridgehead atoms. The van der Waals surface area contributed by atoms with E-state index in [1.807, 2.05) is 13.1 Å². The minimum Gasteiger partial charge on any atom is -0.383 e. The molecule has 0 amide bonds. The Balaban J connectivity index is 1.50. The summed E-state index contributed by atoms with van der Waals surface area (Å²) in [5.74, 6) is 0.712. The number of hydrogen-bond acceptors (Lipinski definition) is 6. The summed E-state index contributed by atoms with van der Waals surface area (Å²) in [6.45, 7) is 7.94. The molecule has 5 rings (SSSR count). The molecule has 2 aromatic rings. The number of piperidine rings is 1. The van der Waals surface area contributed by atoms with E-state index in [0.29, 0.717) is 12.0 Å². The largest absolute Gasteiger partial charge is 0.383 e. The van der Waals surface area contributed by atoms with Gasteiger partial charge in [-0.05, 0) is 25.7 Å². The third-order valence-corrected chi connectivity index (χ3v) is 6.30. The first kappa shape index (κ1) is 17.1. The second-order valence-corrected chi connectivity index (χ2v) is 8.57. The lowest BCUT2D eigenvalue weighted by Gasteiger charge is -2.35.